The summed E-state index contributed by atoms with van der Waals surface area (Å²) in [4.78, 5) is 25.3. The Balaban J connectivity index is 2.22. The van der Waals surface area contributed by atoms with Crippen molar-refractivity contribution < 1.29 is 9.59 Å². The number of carbonyl (C=O) groups is 2. The minimum absolute atomic E-state index is 0.0819. The second-order valence-electron chi connectivity index (χ2n) is 7.93. The molecule has 0 unspecified atom stereocenters. The molecule has 0 aliphatic heterocycles. The Morgan fingerprint density at radius 2 is 1.82 bits per heavy atom. The van der Waals surface area contributed by atoms with Crippen LogP contribution in [0, 0.1) is 18.3 Å². The van der Waals surface area contributed by atoms with Crippen LogP contribution in [0.3, 0.4) is 0 Å². The number of aryl methyl sites for hydroxylation is 1. The van der Waals surface area contributed by atoms with Gasteiger partial charge in [0.2, 0.25) is 5.91 Å². The van der Waals surface area contributed by atoms with E-state index in [1.165, 1.54) is 0 Å². The first kappa shape index (κ1) is 21.2. The second-order valence-corrected chi connectivity index (χ2v) is 7.93. The molecule has 0 saturated heterocycles. The van der Waals surface area contributed by atoms with Crippen molar-refractivity contribution in [1.82, 2.24) is 10.6 Å². The molecular formula is C23H27N3O2. The maximum absolute atomic E-state index is 12.8. The number of nitrogens with one attached hydrogen (secondary N) is 2. The van der Waals surface area contributed by atoms with Gasteiger partial charge in [-0.2, -0.15) is 5.26 Å². The van der Waals surface area contributed by atoms with Crippen molar-refractivity contribution in [2.24, 2.45) is 0 Å². The number of nitriles is 1. The van der Waals surface area contributed by atoms with E-state index in [2.05, 4.69) is 31.4 Å². The monoisotopic (exact) mass is 377 g/mol. The molecule has 2 aromatic carbocycles. The van der Waals surface area contributed by atoms with E-state index in [0.717, 1.165) is 16.7 Å². The maximum atomic E-state index is 12.8. The number of benzene rings is 2. The van der Waals surface area contributed by atoms with Crippen LogP contribution in [0.4, 0.5) is 0 Å². The van der Waals surface area contributed by atoms with Crippen LogP contribution in [0.1, 0.15) is 47.8 Å². The van der Waals surface area contributed by atoms with Gasteiger partial charge in [-0.1, -0.05) is 62.7 Å². The molecule has 2 amide bonds. The molecule has 0 fully saturated rings. The lowest BCUT2D eigenvalue weighted by Gasteiger charge is -2.21. The smallest absolute Gasteiger partial charge is 0.251 e. The van der Waals surface area contributed by atoms with Crippen LogP contribution in [-0.2, 0) is 16.6 Å². The van der Waals surface area contributed by atoms with Gasteiger partial charge < -0.3 is 10.6 Å². The molecule has 0 radical (unpaired) electrons. The molecule has 0 heterocycles. The molecule has 0 aliphatic rings. The summed E-state index contributed by atoms with van der Waals surface area (Å²) in [5, 5.41) is 14.1. The lowest BCUT2D eigenvalue weighted by atomic mass is 9.86. The topological polar surface area (TPSA) is 82.0 Å². The van der Waals surface area contributed by atoms with E-state index in [0.29, 0.717) is 12.0 Å². The zero-order valence-corrected chi connectivity index (χ0v) is 16.9. The minimum Gasteiger partial charge on any atom is -0.341 e. The van der Waals surface area contributed by atoms with Gasteiger partial charge in [0.25, 0.3) is 5.91 Å². The zero-order valence-electron chi connectivity index (χ0n) is 16.9. The Hall–Kier alpha value is -3.13. The van der Waals surface area contributed by atoms with Crippen LogP contribution in [0.5, 0.6) is 0 Å². The highest BCUT2D eigenvalue weighted by atomic mass is 16.2. The lowest BCUT2D eigenvalue weighted by Crippen LogP contribution is -2.48. The van der Waals surface area contributed by atoms with E-state index in [1.54, 1.807) is 6.07 Å². The maximum Gasteiger partial charge on any atom is 0.251 e. The van der Waals surface area contributed by atoms with Crippen molar-refractivity contribution in [2.45, 2.75) is 45.6 Å². The number of nitrogens with zero attached hydrogens (tertiary/aromatic N) is 1. The predicted molar refractivity (Wildman–Crippen MR) is 110 cm³/mol. The molecule has 1 atom stereocenters. The molecule has 0 spiro atoms. The van der Waals surface area contributed by atoms with Gasteiger partial charge in [-0.3, -0.25) is 9.59 Å². The van der Waals surface area contributed by atoms with Gasteiger partial charge >= 0.3 is 0 Å². The van der Waals surface area contributed by atoms with E-state index in [9.17, 15) is 9.59 Å². The first-order valence-corrected chi connectivity index (χ1v) is 9.32. The van der Waals surface area contributed by atoms with E-state index in [1.807, 2.05) is 55.5 Å². The Bertz CT molecular complexity index is 891. The van der Waals surface area contributed by atoms with Crippen LogP contribution < -0.4 is 10.6 Å². The van der Waals surface area contributed by atoms with Gasteiger partial charge in [-0.05, 0) is 35.6 Å². The quantitative estimate of drug-likeness (QED) is 0.758. The molecule has 0 aliphatic carbocycles. The summed E-state index contributed by atoms with van der Waals surface area (Å²) in [6.07, 6.45) is 0.351. The summed E-state index contributed by atoms with van der Waals surface area (Å²) in [5.74, 6) is -0.681. The van der Waals surface area contributed by atoms with Crippen molar-refractivity contribution in [3.8, 4) is 6.07 Å². The van der Waals surface area contributed by atoms with Crippen LogP contribution in [-0.4, -0.2) is 24.4 Å². The molecular weight excluding hydrogens is 350 g/mol. The third kappa shape index (κ3) is 5.95. The first-order valence-electron chi connectivity index (χ1n) is 9.32. The van der Waals surface area contributed by atoms with Crippen LogP contribution >= 0.6 is 0 Å². The fourth-order valence-electron chi connectivity index (χ4n) is 2.90. The highest BCUT2D eigenvalue weighted by Crippen LogP contribution is 2.22. The van der Waals surface area contributed by atoms with Gasteiger partial charge in [0.1, 0.15) is 12.6 Å². The SMILES string of the molecule is Cc1cccc(C[C@H](NC(=O)c2cccc(C(C)(C)C)c2)C(=O)NCC#N)c1. The molecule has 146 valence electrons. The molecule has 28 heavy (non-hydrogen) atoms. The molecule has 2 N–H and O–H groups in total. The molecule has 0 saturated carbocycles. The average Bonchev–Trinajstić information content (AvgIpc) is 2.65. The third-order valence-electron chi connectivity index (χ3n) is 4.48. The van der Waals surface area contributed by atoms with Gasteiger partial charge in [0.15, 0.2) is 0 Å². The molecule has 2 rings (SSSR count). The molecule has 0 aromatic heterocycles. The summed E-state index contributed by atoms with van der Waals surface area (Å²) in [6, 6.07) is 16.4. The fourth-order valence-corrected chi connectivity index (χ4v) is 2.90. The highest BCUT2D eigenvalue weighted by Gasteiger charge is 2.23. The summed E-state index contributed by atoms with van der Waals surface area (Å²) in [7, 11) is 0. The van der Waals surface area contributed by atoms with Gasteiger partial charge in [0.05, 0.1) is 6.07 Å². The van der Waals surface area contributed by atoms with Crippen molar-refractivity contribution in [3.63, 3.8) is 0 Å². The summed E-state index contributed by atoms with van der Waals surface area (Å²) < 4.78 is 0. The van der Waals surface area contributed by atoms with E-state index < -0.39 is 6.04 Å². The summed E-state index contributed by atoms with van der Waals surface area (Å²) in [6.45, 7) is 8.13. The molecule has 2 aromatic rings. The number of amides is 2. The molecule has 5 heteroatoms. The molecule has 5 nitrogen and oxygen atoms in total. The van der Waals surface area contributed by atoms with Crippen molar-refractivity contribution in [2.75, 3.05) is 6.54 Å². The third-order valence-corrected chi connectivity index (χ3v) is 4.48. The van der Waals surface area contributed by atoms with E-state index in [-0.39, 0.29) is 23.8 Å². The summed E-state index contributed by atoms with van der Waals surface area (Å²) >= 11 is 0. The predicted octanol–water partition coefficient (Wildman–Crippen LogP) is 3.27. The zero-order chi connectivity index (χ0) is 20.7. The van der Waals surface area contributed by atoms with Crippen molar-refractivity contribution >= 4 is 11.8 Å². The van der Waals surface area contributed by atoms with Crippen LogP contribution in [0.25, 0.3) is 0 Å². The Kier molecular flexibility index (Phi) is 6.94. The van der Waals surface area contributed by atoms with Crippen molar-refractivity contribution in [3.05, 3.63) is 70.8 Å². The minimum atomic E-state index is -0.763. The largest absolute Gasteiger partial charge is 0.341 e. The normalized spacial score (nSPS) is 12.0. The summed E-state index contributed by atoms with van der Waals surface area (Å²) in [5.41, 5.74) is 3.50. The van der Waals surface area contributed by atoms with E-state index >= 15 is 0 Å². The lowest BCUT2D eigenvalue weighted by molar-refractivity contribution is -0.122. The first-order chi connectivity index (χ1) is 13.2. The van der Waals surface area contributed by atoms with Gasteiger partial charge in [-0.25, -0.2) is 0 Å². The number of hydrogen-bond acceptors (Lipinski definition) is 3. The van der Waals surface area contributed by atoms with Crippen LogP contribution in [0.15, 0.2) is 48.5 Å². The fraction of sp³-hybridized carbons (Fsp3) is 0.348. The standard InChI is InChI=1S/C23H27N3O2/c1-16-7-5-8-17(13-16)14-20(22(28)25-12-11-24)26-21(27)18-9-6-10-19(15-18)23(2,3)4/h5-10,13,15,20H,12,14H2,1-4H3,(H,25,28)(H,26,27)/t20-/m0/s1. The van der Waals surface area contributed by atoms with Crippen LogP contribution in [0.2, 0.25) is 0 Å². The van der Waals surface area contributed by atoms with Gasteiger partial charge in [-0.15, -0.1) is 0 Å². The average molecular weight is 377 g/mol. The molecule has 0 bridgehead atoms. The Labute approximate surface area is 166 Å². The number of rotatable bonds is 6. The number of hydrogen-bond donors (Lipinski definition) is 2. The van der Waals surface area contributed by atoms with E-state index in [4.69, 9.17) is 5.26 Å². The number of carbonyl (C=O) groups excluding carboxylic acids is 2. The second kappa shape index (κ2) is 9.18. The highest BCUT2D eigenvalue weighted by molar-refractivity contribution is 5.97. The van der Waals surface area contributed by atoms with Gasteiger partial charge in [0, 0.05) is 12.0 Å². The Morgan fingerprint density at radius 1 is 1.11 bits per heavy atom. The Morgan fingerprint density at radius 3 is 2.46 bits per heavy atom. The van der Waals surface area contributed by atoms with Crippen molar-refractivity contribution in [1.29, 1.82) is 5.26 Å².